The predicted molar refractivity (Wildman–Crippen MR) is 119 cm³/mol. The quantitative estimate of drug-likeness (QED) is 0.734. The van der Waals surface area contributed by atoms with Gasteiger partial charge in [-0.15, -0.1) is 0 Å². The number of fused-ring (bicyclic) bond motifs is 1. The Kier molecular flexibility index (Phi) is 5.41. The lowest BCUT2D eigenvalue weighted by Crippen LogP contribution is -2.47. The van der Waals surface area contributed by atoms with Crippen LogP contribution < -0.4 is 15.5 Å². The van der Waals surface area contributed by atoms with E-state index in [0.717, 1.165) is 16.8 Å². The van der Waals surface area contributed by atoms with Gasteiger partial charge in [-0.3, -0.25) is 19.5 Å². The molecule has 30 heavy (non-hydrogen) atoms. The molecule has 0 aliphatic carbocycles. The Morgan fingerprint density at radius 1 is 0.967 bits per heavy atom. The van der Waals surface area contributed by atoms with Crippen LogP contribution in [0.5, 0.6) is 0 Å². The van der Waals surface area contributed by atoms with Gasteiger partial charge < -0.3 is 10.6 Å². The smallest absolute Gasteiger partial charge is 0.266 e. The normalized spacial score (nSPS) is 15.8. The van der Waals surface area contributed by atoms with Gasteiger partial charge in [-0.25, -0.2) is 0 Å². The number of hydrogen-bond acceptors (Lipinski definition) is 4. The third-order valence-corrected chi connectivity index (χ3v) is 5.10. The number of nitrogens with zero attached hydrogens (tertiary/aromatic N) is 3. The van der Waals surface area contributed by atoms with Crippen LogP contribution in [0.25, 0.3) is 0 Å². The summed E-state index contributed by atoms with van der Waals surface area (Å²) in [6.45, 7) is -0.132. The molecule has 1 aliphatic rings. The molecule has 3 aromatic rings. The van der Waals surface area contributed by atoms with Gasteiger partial charge in [0, 0.05) is 23.9 Å². The zero-order valence-corrected chi connectivity index (χ0v) is 16.6. The molecule has 1 unspecified atom stereocenters. The van der Waals surface area contributed by atoms with E-state index in [1.807, 2.05) is 84.9 Å². The van der Waals surface area contributed by atoms with E-state index in [2.05, 4.69) is 4.99 Å². The molecular formula is C24H22N4O2. The minimum atomic E-state index is -1.09. The van der Waals surface area contributed by atoms with Gasteiger partial charge in [-0.1, -0.05) is 66.7 Å². The van der Waals surface area contributed by atoms with E-state index in [4.69, 9.17) is 5.73 Å². The third-order valence-electron chi connectivity index (χ3n) is 5.10. The summed E-state index contributed by atoms with van der Waals surface area (Å²) in [7, 11) is 1.69. The van der Waals surface area contributed by atoms with Crippen LogP contribution in [0.1, 0.15) is 11.1 Å². The highest BCUT2D eigenvalue weighted by molar-refractivity contribution is 6.20. The van der Waals surface area contributed by atoms with Crippen LogP contribution >= 0.6 is 0 Å². The Labute approximate surface area is 175 Å². The molecule has 0 fully saturated rings. The summed E-state index contributed by atoms with van der Waals surface area (Å²) < 4.78 is 0. The number of amides is 2. The molecule has 6 heteroatoms. The molecule has 3 aromatic carbocycles. The van der Waals surface area contributed by atoms with Crippen molar-refractivity contribution in [2.75, 3.05) is 23.4 Å². The molecule has 2 N–H and O–H groups in total. The summed E-state index contributed by atoms with van der Waals surface area (Å²) in [6.07, 6.45) is -1.09. The van der Waals surface area contributed by atoms with E-state index in [9.17, 15) is 9.59 Å². The number of benzene rings is 3. The van der Waals surface area contributed by atoms with Gasteiger partial charge in [-0.2, -0.15) is 0 Å². The average molecular weight is 398 g/mol. The fourth-order valence-electron chi connectivity index (χ4n) is 3.48. The number of rotatable bonds is 4. The van der Waals surface area contributed by atoms with Crippen LogP contribution in [0.3, 0.4) is 0 Å². The lowest BCUT2D eigenvalue weighted by Gasteiger charge is -2.26. The number of nitrogens with two attached hydrogens (primary N) is 1. The Morgan fingerprint density at radius 2 is 1.57 bits per heavy atom. The zero-order valence-electron chi connectivity index (χ0n) is 16.6. The van der Waals surface area contributed by atoms with Gasteiger partial charge in [0.05, 0.1) is 11.4 Å². The molecule has 1 heterocycles. The summed E-state index contributed by atoms with van der Waals surface area (Å²) in [5.74, 6) is -0.636. The number of aliphatic imine (C=N–C) groups is 1. The van der Waals surface area contributed by atoms with Gasteiger partial charge in [0.25, 0.3) is 5.91 Å². The number of anilines is 2. The summed E-state index contributed by atoms with van der Waals surface area (Å²) in [5.41, 5.74) is 9.77. The van der Waals surface area contributed by atoms with Crippen molar-refractivity contribution in [1.29, 1.82) is 0 Å². The van der Waals surface area contributed by atoms with Gasteiger partial charge in [0.1, 0.15) is 6.54 Å². The van der Waals surface area contributed by atoms with Gasteiger partial charge in [0.2, 0.25) is 5.91 Å². The maximum Gasteiger partial charge on any atom is 0.266 e. The largest absolute Gasteiger partial charge is 0.314 e. The first-order valence-corrected chi connectivity index (χ1v) is 9.67. The lowest BCUT2D eigenvalue weighted by atomic mass is 10.0. The van der Waals surface area contributed by atoms with Gasteiger partial charge in [-0.05, 0) is 18.2 Å². The monoisotopic (exact) mass is 398 g/mol. The van der Waals surface area contributed by atoms with E-state index in [-0.39, 0.29) is 12.5 Å². The fraction of sp³-hybridized carbons (Fsp3) is 0.125. The standard InChI is InChI=1S/C24H22N4O2/c1-27(18-12-6-3-7-13-18)21(29)16-28-20-15-9-8-14-19(20)22(26-23(25)24(28)30)17-10-4-2-5-11-17/h2-15,23H,16,25H2,1H3. The highest BCUT2D eigenvalue weighted by Crippen LogP contribution is 2.28. The lowest BCUT2D eigenvalue weighted by molar-refractivity contribution is -0.123. The number of carbonyl (C=O) groups is 2. The first-order chi connectivity index (χ1) is 14.6. The van der Waals surface area contributed by atoms with Crippen molar-refractivity contribution in [3.05, 3.63) is 96.1 Å². The van der Waals surface area contributed by atoms with E-state index < -0.39 is 12.1 Å². The molecule has 6 nitrogen and oxygen atoms in total. The van der Waals surface area contributed by atoms with Gasteiger partial charge >= 0.3 is 0 Å². The van der Waals surface area contributed by atoms with Crippen LogP contribution in [0, 0.1) is 0 Å². The molecular weight excluding hydrogens is 376 g/mol. The van der Waals surface area contributed by atoms with Crippen LogP contribution in [0.15, 0.2) is 89.9 Å². The highest BCUT2D eigenvalue weighted by atomic mass is 16.2. The van der Waals surface area contributed by atoms with Crippen molar-refractivity contribution < 1.29 is 9.59 Å². The number of carbonyl (C=O) groups excluding carboxylic acids is 2. The Hall–Kier alpha value is -3.77. The number of likely N-dealkylation sites (N-methyl/N-ethyl adjacent to an activating group) is 1. The van der Waals surface area contributed by atoms with Crippen molar-refractivity contribution in [2.24, 2.45) is 10.7 Å². The molecule has 0 spiro atoms. The number of para-hydroxylation sites is 2. The van der Waals surface area contributed by atoms with Crippen LogP contribution in [-0.2, 0) is 9.59 Å². The number of hydrogen-bond donors (Lipinski definition) is 1. The summed E-state index contributed by atoms with van der Waals surface area (Å²) in [4.78, 5) is 33.6. The highest BCUT2D eigenvalue weighted by Gasteiger charge is 2.31. The molecule has 1 aliphatic heterocycles. The van der Waals surface area contributed by atoms with Crippen molar-refractivity contribution in [3.8, 4) is 0 Å². The summed E-state index contributed by atoms with van der Waals surface area (Å²) >= 11 is 0. The molecule has 0 bridgehead atoms. The van der Waals surface area contributed by atoms with E-state index >= 15 is 0 Å². The maximum absolute atomic E-state index is 13.1. The van der Waals surface area contributed by atoms with E-state index in [1.165, 1.54) is 9.80 Å². The maximum atomic E-state index is 13.1. The minimum Gasteiger partial charge on any atom is -0.314 e. The zero-order chi connectivity index (χ0) is 21.1. The van der Waals surface area contributed by atoms with Crippen molar-refractivity contribution in [1.82, 2.24) is 0 Å². The van der Waals surface area contributed by atoms with E-state index in [1.54, 1.807) is 7.05 Å². The first-order valence-electron chi connectivity index (χ1n) is 9.67. The molecule has 0 saturated carbocycles. The molecule has 0 saturated heterocycles. The minimum absolute atomic E-state index is 0.132. The van der Waals surface area contributed by atoms with Crippen molar-refractivity contribution in [3.63, 3.8) is 0 Å². The fourth-order valence-corrected chi connectivity index (χ4v) is 3.48. The molecule has 4 rings (SSSR count). The second kappa shape index (κ2) is 8.31. The molecule has 150 valence electrons. The Bertz CT molecular complexity index is 1100. The van der Waals surface area contributed by atoms with E-state index in [0.29, 0.717) is 11.4 Å². The predicted octanol–water partition coefficient (Wildman–Crippen LogP) is 2.82. The molecule has 1 atom stereocenters. The second-order valence-corrected chi connectivity index (χ2v) is 7.02. The van der Waals surface area contributed by atoms with Crippen molar-refractivity contribution in [2.45, 2.75) is 6.17 Å². The topological polar surface area (TPSA) is 79.0 Å². The molecule has 0 radical (unpaired) electrons. The van der Waals surface area contributed by atoms with Crippen LogP contribution in [0.4, 0.5) is 11.4 Å². The SMILES string of the molecule is CN(C(=O)CN1C(=O)C(N)N=C(c2ccccc2)c2ccccc21)c1ccccc1. The molecule has 0 aromatic heterocycles. The Morgan fingerprint density at radius 3 is 2.27 bits per heavy atom. The van der Waals surface area contributed by atoms with Crippen molar-refractivity contribution >= 4 is 28.9 Å². The first kappa shape index (κ1) is 19.5. The second-order valence-electron chi connectivity index (χ2n) is 7.02. The average Bonchev–Trinajstić information content (AvgIpc) is 2.90. The Balaban J connectivity index is 1.72. The van der Waals surface area contributed by atoms with Gasteiger partial charge in [0.15, 0.2) is 6.17 Å². The summed E-state index contributed by atoms with van der Waals surface area (Å²) in [6, 6.07) is 26.3. The molecule has 2 amide bonds. The number of benzodiazepines with no additional fused rings is 1. The van der Waals surface area contributed by atoms with Crippen LogP contribution in [0.2, 0.25) is 0 Å². The third kappa shape index (κ3) is 3.73. The van der Waals surface area contributed by atoms with Crippen LogP contribution in [-0.4, -0.2) is 37.3 Å². The summed E-state index contributed by atoms with van der Waals surface area (Å²) in [5, 5.41) is 0.